The highest BCUT2D eigenvalue weighted by Crippen LogP contribution is 2.41. The number of benzene rings is 4. The highest BCUT2D eigenvalue weighted by atomic mass is 16.2. The molecule has 1 aliphatic heterocycles. The van der Waals surface area contributed by atoms with Crippen LogP contribution < -0.4 is 9.80 Å². The average molecular weight is 405 g/mol. The minimum Gasteiger partial charge on any atom is -0.346 e. The molecule has 3 heteroatoms. The van der Waals surface area contributed by atoms with Crippen molar-refractivity contribution in [2.45, 2.75) is 12.6 Å². The second-order valence-electron chi connectivity index (χ2n) is 7.74. The van der Waals surface area contributed by atoms with Gasteiger partial charge in [0.1, 0.15) is 6.17 Å². The zero-order valence-electron chi connectivity index (χ0n) is 17.3. The van der Waals surface area contributed by atoms with E-state index < -0.39 is 0 Å². The van der Waals surface area contributed by atoms with Crippen molar-refractivity contribution in [2.75, 3.05) is 16.3 Å². The molecule has 1 amide bonds. The van der Waals surface area contributed by atoms with Crippen molar-refractivity contribution in [3.05, 3.63) is 132 Å². The van der Waals surface area contributed by atoms with Gasteiger partial charge in [-0.1, -0.05) is 91.0 Å². The van der Waals surface area contributed by atoms with Crippen LogP contribution in [0.15, 0.2) is 115 Å². The zero-order chi connectivity index (χ0) is 21.0. The van der Waals surface area contributed by atoms with E-state index in [1.807, 2.05) is 77.7 Å². The van der Waals surface area contributed by atoms with Gasteiger partial charge in [-0.3, -0.25) is 9.69 Å². The first-order valence-electron chi connectivity index (χ1n) is 10.7. The molecule has 1 heterocycles. The molecule has 0 fully saturated rings. The second kappa shape index (κ2) is 8.49. The Morgan fingerprint density at radius 2 is 1.23 bits per heavy atom. The average Bonchev–Trinajstić information content (AvgIpc) is 2.85. The van der Waals surface area contributed by atoms with Crippen LogP contribution in [0.2, 0.25) is 0 Å². The van der Waals surface area contributed by atoms with Crippen molar-refractivity contribution in [2.24, 2.45) is 0 Å². The van der Waals surface area contributed by atoms with Gasteiger partial charge >= 0.3 is 0 Å². The van der Waals surface area contributed by atoms with Crippen molar-refractivity contribution in [3.8, 4) is 0 Å². The molecule has 1 atom stereocenters. The molecule has 0 N–H and O–H groups in total. The summed E-state index contributed by atoms with van der Waals surface area (Å²) in [5.74, 6) is 0.0339. The third kappa shape index (κ3) is 3.71. The van der Waals surface area contributed by atoms with Crippen LogP contribution in [-0.4, -0.2) is 12.5 Å². The molecule has 0 saturated carbocycles. The molecule has 31 heavy (non-hydrogen) atoms. The molecule has 1 aliphatic rings. The summed E-state index contributed by atoms with van der Waals surface area (Å²) in [6.45, 7) is 0.803. The number of anilines is 2. The van der Waals surface area contributed by atoms with Gasteiger partial charge in [0.05, 0.1) is 11.3 Å². The van der Waals surface area contributed by atoms with Crippen LogP contribution >= 0.6 is 0 Å². The fourth-order valence-corrected chi connectivity index (χ4v) is 4.36. The highest BCUT2D eigenvalue weighted by Gasteiger charge is 2.39. The SMILES string of the molecule is O=C1c2ccccc2N(CCc2ccccc2)C(c2ccccc2)N1c1ccccc1. The summed E-state index contributed by atoms with van der Waals surface area (Å²) in [6.07, 6.45) is 0.685. The lowest BCUT2D eigenvalue weighted by Crippen LogP contribution is -2.50. The first-order valence-corrected chi connectivity index (χ1v) is 10.7. The van der Waals surface area contributed by atoms with Crippen molar-refractivity contribution in [1.82, 2.24) is 0 Å². The Morgan fingerprint density at radius 1 is 0.645 bits per heavy atom. The van der Waals surface area contributed by atoms with Gasteiger partial charge in [0.2, 0.25) is 0 Å². The summed E-state index contributed by atoms with van der Waals surface area (Å²) in [4.78, 5) is 18.0. The molecule has 0 spiro atoms. The standard InChI is InChI=1S/C28H24N2O/c31-28-25-18-10-11-19-26(25)29(21-20-22-12-4-1-5-13-22)27(23-14-6-2-7-15-23)30(28)24-16-8-3-9-17-24/h1-19,27H,20-21H2. The fourth-order valence-electron chi connectivity index (χ4n) is 4.36. The van der Waals surface area contributed by atoms with Crippen LogP contribution in [0, 0.1) is 0 Å². The summed E-state index contributed by atoms with van der Waals surface area (Å²) in [5.41, 5.74) is 5.02. The minimum atomic E-state index is -0.213. The maximum absolute atomic E-state index is 13.7. The Kier molecular flexibility index (Phi) is 5.24. The van der Waals surface area contributed by atoms with Crippen LogP contribution in [0.25, 0.3) is 0 Å². The molecule has 1 unspecified atom stereocenters. The number of amides is 1. The molecule has 0 aliphatic carbocycles. The molecular formula is C28H24N2O. The van der Waals surface area contributed by atoms with Crippen molar-refractivity contribution >= 4 is 17.3 Å². The van der Waals surface area contributed by atoms with E-state index in [0.717, 1.165) is 35.5 Å². The Morgan fingerprint density at radius 3 is 1.94 bits per heavy atom. The summed E-state index contributed by atoms with van der Waals surface area (Å²) in [5, 5.41) is 0. The van der Waals surface area contributed by atoms with Gasteiger partial charge in [-0.15, -0.1) is 0 Å². The van der Waals surface area contributed by atoms with Gasteiger partial charge in [0.25, 0.3) is 5.91 Å². The van der Waals surface area contributed by atoms with Crippen LogP contribution in [0.1, 0.15) is 27.7 Å². The van der Waals surface area contributed by atoms with E-state index in [2.05, 4.69) is 47.4 Å². The smallest absolute Gasteiger partial charge is 0.262 e. The van der Waals surface area contributed by atoms with Gasteiger partial charge in [-0.25, -0.2) is 0 Å². The summed E-state index contributed by atoms with van der Waals surface area (Å²) in [7, 11) is 0. The summed E-state index contributed by atoms with van der Waals surface area (Å²) >= 11 is 0. The second-order valence-corrected chi connectivity index (χ2v) is 7.74. The van der Waals surface area contributed by atoms with Crippen LogP contribution in [-0.2, 0) is 6.42 Å². The van der Waals surface area contributed by atoms with E-state index in [1.54, 1.807) is 0 Å². The topological polar surface area (TPSA) is 23.6 Å². The molecule has 4 aromatic carbocycles. The van der Waals surface area contributed by atoms with Crippen molar-refractivity contribution in [1.29, 1.82) is 0 Å². The van der Waals surface area contributed by atoms with Crippen molar-refractivity contribution < 1.29 is 4.79 Å². The van der Waals surface area contributed by atoms with Crippen molar-refractivity contribution in [3.63, 3.8) is 0 Å². The first kappa shape index (κ1) is 19.1. The van der Waals surface area contributed by atoms with Gasteiger partial charge in [-0.2, -0.15) is 0 Å². The van der Waals surface area contributed by atoms with E-state index in [4.69, 9.17) is 0 Å². The Hall–Kier alpha value is -3.85. The molecule has 0 saturated heterocycles. The molecule has 0 bridgehead atoms. The van der Waals surface area contributed by atoms with E-state index in [9.17, 15) is 4.79 Å². The lowest BCUT2D eigenvalue weighted by Gasteiger charge is -2.46. The number of hydrogen-bond acceptors (Lipinski definition) is 2. The summed E-state index contributed by atoms with van der Waals surface area (Å²) < 4.78 is 0. The highest BCUT2D eigenvalue weighted by molar-refractivity contribution is 6.12. The third-order valence-corrected chi connectivity index (χ3v) is 5.82. The van der Waals surface area contributed by atoms with E-state index >= 15 is 0 Å². The van der Waals surface area contributed by atoms with E-state index in [0.29, 0.717) is 0 Å². The molecule has 152 valence electrons. The maximum atomic E-state index is 13.7. The number of para-hydroxylation sites is 2. The number of rotatable bonds is 5. The largest absolute Gasteiger partial charge is 0.346 e. The monoisotopic (exact) mass is 404 g/mol. The quantitative estimate of drug-likeness (QED) is 0.401. The number of fused-ring (bicyclic) bond motifs is 1. The lowest BCUT2D eigenvalue weighted by molar-refractivity contribution is 0.0968. The zero-order valence-corrected chi connectivity index (χ0v) is 17.3. The Balaban J connectivity index is 1.64. The predicted molar refractivity (Wildman–Crippen MR) is 126 cm³/mol. The van der Waals surface area contributed by atoms with Crippen LogP contribution in [0.4, 0.5) is 11.4 Å². The molecule has 3 nitrogen and oxygen atoms in total. The predicted octanol–water partition coefficient (Wildman–Crippen LogP) is 6.09. The van der Waals surface area contributed by atoms with E-state index in [1.165, 1.54) is 5.56 Å². The Bertz CT molecular complexity index is 1160. The number of carbonyl (C=O) groups excluding carboxylic acids is 1. The lowest BCUT2D eigenvalue weighted by atomic mass is 9.99. The number of hydrogen-bond donors (Lipinski definition) is 0. The minimum absolute atomic E-state index is 0.0339. The molecular weight excluding hydrogens is 380 g/mol. The molecule has 4 aromatic rings. The Labute approximate surface area is 183 Å². The molecule has 0 radical (unpaired) electrons. The van der Waals surface area contributed by atoms with Gasteiger partial charge in [0, 0.05) is 12.2 Å². The maximum Gasteiger partial charge on any atom is 0.262 e. The van der Waals surface area contributed by atoms with Crippen LogP contribution in [0.5, 0.6) is 0 Å². The fraction of sp³-hybridized carbons (Fsp3) is 0.107. The normalized spacial score (nSPS) is 15.6. The molecule has 5 rings (SSSR count). The van der Waals surface area contributed by atoms with E-state index in [-0.39, 0.29) is 12.1 Å². The van der Waals surface area contributed by atoms with Gasteiger partial charge in [-0.05, 0) is 41.8 Å². The van der Waals surface area contributed by atoms with Gasteiger partial charge in [0.15, 0.2) is 0 Å². The van der Waals surface area contributed by atoms with Crippen LogP contribution in [0.3, 0.4) is 0 Å². The third-order valence-electron chi connectivity index (χ3n) is 5.82. The molecule has 0 aromatic heterocycles. The number of nitrogens with zero attached hydrogens (tertiary/aromatic N) is 2. The first-order chi connectivity index (χ1) is 15.3. The van der Waals surface area contributed by atoms with Gasteiger partial charge < -0.3 is 4.90 Å². The summed E-state index contributed by atoms with van der Waals surface area (Å²) in [6, 6.07) is 38.8. The number of carbonyl (C=O) groups is 1.